The maximum Gasteiger partial charge on any atom is 0.405 e. The predicted molar refractivity (Wildman–Crippen MR) is 42.1 cm³/mol. The third kappa shape index (κ3) is 4.54. The maximum absolute atomic E-state index is 10.4. The monoisotopic (exact) mass is 175 g/mol. The first-order valence-corrected chi connectivity index (χ1v) is 3.80. The molecule has 1 atom stereocenters. The highest BCUT2D eigenvalue weighted by molar-refractivity contribution is 5.78. The van der Waals surface area contributed by atoms with Crippen molar-refractivity contribution in [3.05, 3.63) is 0 Å². The smallest absolute Gasteiger partial charge is 0.405 e. The quantitative estimate of drug-likeness (QED) is 0.579. The molecule has 1 unspecified atom stereocenters. The number of carboxylic acid groups (broad SMARTS) is 2. The summed E-state index contributed by atoms with van der Waals surface area (Å²) in [6.07, 6.45) is 0.610. The van der Waals surface area contributed by atoms with Gasteiger partial charge in [0.2, 0.25) is 0 Å². The SMILES string of the molecule is CCCCC(NC(=O)O)C(=O)O. The standard InChI is InChI=1S/C7H13NO4/c1-2-3-4-5(6(9)10)8-7(11)12/h5,8H,2-4H2,1H3,(H,9,10)(H,11,12). The van der Waals surface area contributed by atoms with E-state index in [2.05, 4.69) is 0 Å². The highest BCUT2D eigenvalue weighted by Gasteiger charge is 2.17. The molecule has 0 rings (SSSR count). The van der Waals surface area contributed by atoms with Crippen molar-refractivity contribution in [2.24, 2.45) is 0 Å². The summed E-state index contributed by atoms with van der Waals surface area (Å²) in [4.78, 5) is 20.5. The van der Waals surface area contributed by atoms with Gasteiger partial charge in [-0.15, -0.1) is 0 Å². The second kappa shape index (κ2) is 5.40. The molecule has 0 aromatic rings. The summed E-state index contributed by atoms with van der Waals surface area (Å²) in [6.45, 7) is 1.92. The summed E-state index contributed by atoms with van der Waals surface area (Å²) in [5.41, 5.74) is 0. The first-order chi connectivity index (χ1) is 5.57. The number of hydrogen-bond donors (Lipinski definition) is 3. The van der Waals surface area contributed by atoms with Gasteiger partial charge in [0, 0.05) is 0 Å². The van der Waals surface area contributed by atoms with E-state index in [1.54, 1.807) is 0 Å². The van der Waals surface area contributed by atoms with Gasteiger partial charge < -0.3 is 15.5 Å². The Morgan fingerprint density at radius 1 is 1.42 bits per heavy atom. The van der Waals surface area contributed by atoms with Crippen LogP contribution in [0, 0.1) is 0 Å². The summed E-state index contributed by atoms with van der Waals surface area (Å²) in [5, 5.41) is 18.7. The van der Waals surface area contributed by atoms with E-state index < -0.39 is 18.1 Å². The highest BCUT2D eigenvalue weighted by Crippen LogP contribution is 2.00. The van der Waals surface area contributed by atoms with Gasteiger partial charge in [0.15, 0.2) is 0 Å². The van der Waals surface area contributed by atoms with Gasteiger partial charge >= 0.3 is 12.1 Å². The van der Waals surface area contributed by atoms with Crippen LogP contribution in [0.4, 0.5) is 4.79 Å². The van der Waals surface area contributed by atoms with Crippen LogP contribution in [-0.2, 0) is 4.79 Å². The number of unbranched alkanes of at least 4 members (excludes halogenated alkanes) is 1. The molecule has 0 aliphatic rings. The molecule has 5 heteroatoms. The van der Waals surface area contributed by atoms with Crippen molar-refractivity contribution >= 4 is 12.1 Å². The summed E-state index contributed by atoms with van der Waals surface area (Å²) in [6, 6.07) is -0.970. The van der Waals surface area contributed by atoms with E-state index in [0.29, 0.717) is 12.8 Å². The molecule has 0 aromatic carbocycles. The van der Waals surface area contributed by atoms with Gasteiger partial charge in [-0.2, -0.15) is 0 Å². The Balaban J connectivity index is 3.87. The number of aliphatic carboxylic acids is 1. The van der Waals surface area contributed by atoms with Crippen molar-refractivity contribution in [1.82, 2.24) is 5.32 Å². The lowest BCUT2D eigenvalue weighted by molar-refractivity contribution is -0.139. The van der Waals surface area contributed by atoms with Crippen LogP contribution in [0.1, 0.15) is 26.2 Å². The maximum atomic E-state index is 10.4. The van der Waals surface area contributed by atoms with Crippen molar-refractivity contribution in [3.8, 4) is 0 Å². The van der Waals surface area contributed by atoms with Gasteiger partial charge in [0.05, 0.1) is 0 Å². The Labute approximate surface area is 70.4 Å². The average molecular weight is 175 g/mol. The minimum Gasteiger partial charge on any atom is -0.480 e. The molecule has 12 heavy (non-hydrogen) atoms. The summed E-state index contributed by atoms with van der Waals surface area (Å²) < 4.78 is 0. The summed E-state index contributed by atoms with van der Waals surface area (Å²) in [5.74, 6) is -1.12. The zero-order chi connectivity index (χ0) is 9.56. The molecule has 5 nitrogen and oxygen atoms in total. The molecule has 0 bridgehead atoms. The topological polar surface area (TPSA) is 86.6 Å². The van der Waals surface area contributed by atoms with E-state index in [1.807, 2.05) is 12.2 Å². The first kappa shape index (κ1) is 10.7. The Kier molecular flexibility index (Phi) is 4.83. The van der Waals surface area contributed by atoms with Gasteiger partial charge in [-0.1, -0.05) is 19.8 Å². The fourth-order valence-corrected chi connectivity index (χ4v) is 0.815. The molecule has 70 valence electrons. The van der Waals surface area contributed by atoms with Crippen LogP contribution in [0.2, 0.25) is 0 Å². The molecular weight excluding hydrogens is 162 g/mol. The third-order valence-corrected chi connectivity index (χ3v) is 1.44. The Morgan fingerprint density at radius 2 is 2.00 bits per heavy atom. The minimum atomic E-state index is -1.29. The van der Waals surface area contributed by atoms with Crippen LogP contribution < -0.4 is 5.32 Å². The lowest BCUT2D eigenvalue weighted by atomic mass is 10.1. The molecule has 0 aliphatic heterocycles. The first-order valence-electron chi connectivity index (χ1n) is 3.80. The molecule has 0 fully saturated rings. The van der Waals surface area contributed by atoms with Crippen molar-refractivity contribution in [2.45, 2.75) is 32.2 Å². The number of nitrogens with one attached hydrogen (secondary N) is 1. The fraction of sp³-hybridized carbons (Fsp3) is 0.714. The molecule has 3 N–H and O–H groups in total. The van der Waals surface area contributed by atoms with E-state index >= 15 is 0 Å². The van der Waals surface area contributed by atoms with E-state index in [-0.39, 0.29) is 0 Å². The third-order valence-electron chi connectivity index (χ3n) is 1.44. The summed E-state index contributed by atoms with van der Waals surface area (Å²) in [7, 11) is 0. The number of hydrogen-bond acceptors (Lipinski definition) is 2. The van der Waals surface area contributed by atoms with Crippen LogP contribution in [-0.4, -0.2) is 28.3 Å². The Hall–Kier alpha value is -1.26. The molecule has 0 aliphatic carbocycles. The van der Waals surface area contributed by atoms with Crippen LogP contribution in [0.5, 0.6) is 0 Å². The van der Waals surface area contributed by atoms with Gasteiger partial charge in [0.25, 0.3) is 0 Å². The molecule has 0 saturated carbocycles. The van der Waals surface area contributed by atoms with Crippen LogP contribution >= 0.6 is 0 Å². The molecule has 0 radical (unpaired) electrons. The number of carbonyl (C=O) groups is 2. The Morgan fingerprint density at radius 3 is 2.33 bits per heavy atom. The molecule has 1 amide bonds. The number of carboxylic acids is 1. The second-order valence-electron chi connectivity index (χ2n) is 2.48. The van der Waals surface area contributed by atoms with E-state index in [9.17, 15) is 9.59 Å². The van der Waals surface area contributed by atoms with E-state index in [4.69, 9.17) is 10.2 Å². The van der Waals surface area contributed by atoms with Crippen LogP contribution in [0.25, 0.3) is 0 Å². The van der Waals surface area contributed by atoms with Gasteiger partial charge in [-0.25, -0.2) is 9.59 Å². The minimum absolute atomic E-state index is 0.345. The Bertz CT molecular complexity index is 169. The molecule has 0 spiro atoms. The van der Waals surface area contributed by atoms with Crippen molar-refractivity contribution in [1.29, 1.82) is 0 Å². The van der Waals surface area contributed by atoms with Crippen LogP contribution in [0.3, 0.4) is 0 Å². The number of rotatable bonds is 5. The zero-order valence-electron chi connectivity index (χ0n) is 6.91. The lowest BCUT2D eigenvalue weighted by Crippen LogP contribution is -2.39. The highest BCUT2D eigenvalue weighted by atomic mass is 16.4. The van der Waals surface area contributed by atoms with Gasteiger partial charge in [-0.05, 0) is 6.42 Å². The largest absolute Gasteiger partial charge is 0.480 e. The van der Waals surface area contributed by atoms with E-state index in [0.717, 1.165) is 6.42 Å². The number of amides is 1. The average Bonchev–Trinajstić information content (AvgIpc) is 1.96. The molecule has 0 heterocycles. The van der Waals surface area contributed by atoms with Crippen molar-refractivity contribution in [3.63, 3.8) is 0 Å². The second-order valence-corrected chi connectivity index (χ2v) is 2.48. The molecule has 0 saturated heterocycles. The summed E-state index contributed by atoms with van der Waals surface area (Å²) >= 11 is 0. The fourth-order valence-electron chi connectivity index (χ4n) is 0.815. The van der Waals surface area contributed by atoms with Gasteiger partial charge in [0.1, 0.15) is 6.04 Å². The van der Waals surface area contributed by atoms with Gasteiger partial charge in [-0.3, -0.25) is 0 Å². The van der Waals surface area contributed by atoms with Crippen molar-refractivity contribution < 1.29 is 19.8 Å². The predicted octanol–water partition coefficient (Wildman–Crippen LogP) is 0.897. The molecular formula is C7H13NO4. The van der Waals surface area contributed by atoms with Crippen LogP contribution in [0.15, 0.2) is 0 Å². The lowest BCUT2D eigenvalue weighted by Gasteiger charge is -2.10. The van der Waals surface area contributed by atoms with Crippen molar-refractivity contribution in [2.75, 3.05) is 0 Å². The normalized spacial score (nSPS) is 12.1. The van der Waals surface area contributed by atoms with E-state index in [1.165, 1.54) is 0 Å². The molecule has 0 aromatic heterocycles. The zero-order valence-corrected chi connectivity index (χ0v) is 6.91.